The molecular weight excluding hydrogens is 218 g/mol. The van der Waals surface area contributed by atoms with Gasteiger partial charge in [0.15, 0.2) is 0 Å². The van der Waals surface area contributed by atoms with E-state index in [1.165, 1.54) is 0 Å². The maximum atomic E-state index is 11.8. The lowest BCUT2D eigenvalue weighted by atomic mass is 9.89. The van der Waals surface area contributed by atoms with Crippen molar-refractivity contribution >= 4 is 6.09 Å². The number of carbonyl (C=O) groups excluding carboxylic acids is 1. The van der Waals surface area contributed by atoms with Crippen LogP contribution in [-0.4, -0.2) is 34.3 Å². The summed E-state index contributed by atoms with van der Waals surface area (Å²) < 4.78 is 5.34. The van der Waals surface area contributed by atoms with E-state index in [0.717, 1.165) is 31.5 Å². The van der Waals surface area contributed by atoms with E-state index in [1.807, 2.05) is 0 Å². The van der Waals surface area contributed by atoms with Crippen LogP contribution in [-0.2, 0) is 5.41 Å². The van der Waals surface area contributed by atoms with Gasteiger partial charge in [-0.05, 0) is 18.3 Å². The smallest absolute Gasteiger partial charge is 0.389 e. The Labute approximate surface area is 101 Å². The molecule has 1 aliphatic heterocycles. The van der Waals surface area contributed by atoms with E-state index in [9.17, 15) is 4.79 Å². The Kier molecular flexibility index (Phi) is 3.09. The number of nitrogens with zero attached hydrogens (tertiary/aromatic N) is 2. The molecule has 0 aliphatic carbocycles. The van der Waals surface area contributed by atoms with Crippen LogP contribution in [0.2, 0.25) is 0 Å². The number of rotatable bonds is 1. The number of amides is 1. The number of hydrogen-bond donors (Lipinski definition) is 1. The number of likely N-dealkylation sites (tertiary alicyclic amines) is 1. The van der Waals surface area contributed by atoms with Crippen LogP contribution in [0.1, 0.15) is 39.2 Å². The first-order valence-corrected chi connectivity index (χ1v) is 5.99. The topological polar surface area (TPSA) is 58.2 Å². The SMILES string of the molecule is CC(C)(C)c1c[nH]nc1OC(=O)N1CCCC1. The van der Waals surface area contributed by atoms with Gasteiger partial charge in [-0.15, -0.1) is 5.10 Å². The second-order valence-electron chi connectivity index (χ2n) is 5.42. The van der Waals surface area contributed by atoms with Gasteiger partial charge in [-0.1, -0.05) is 20.8 Å². The lowest BCUT2D eigenvalue weighted by Gasteiger charge is -2.19. The molecule has 0 atom stereocenters. The van der Waals surface area contributed by atoms with Crippen LogP contribution in [0.5, 0.6) is 5.88 Å². The van der Waals surface area contributed by atoms with Crippen LogP contribution >= 0.6 is 0 Å². The minimum absolute atomic E-state index is 0.0897. The van der Waals surface area contributed by atoms with Gasteiger partial charge in [0.05, 0.1) is 0 Å². The van der Waals surface area contributed by atoms with Crippen molar-refractivity contribution in [3.63, 3.8) is 0 Å². The van der Waals surface area contributed by atoms with Crippen LogP contribution < -0.4 is 4.74 Å². The highest BCUT2D eigenvalue weighted by molar-refractivity contribution is 5.70. The fourth-order valence-electron chi connectivity index (χ4n) is 1.94. The molecular formula is C12H19N3O2. The molecule has 2 heterocycles. The van der Waals surface area contributed by atoms with E-state index in [2.05, 4.69) is 31.0 Å². The van der Waals surface area contributed by atoms with Crippen molar-refractivity contribution in [1.29, 1.82) is 0 Å². The van der Waals surface area contributed by atoms with Crippen molar-refractivity contribution < 1.29 is 9.53 Å². The summed E-state index contributed by atoms with van der Waals surface area (Å²) >= 11 is 0. The van der Waals surface area contributed by atoms with Crippen molar-refractivity contribution in [3.8, 4) is 5.88 Å². The number of H-pyrrole nitrogens is 1. The molecule has 0 radical (unpaired) electrons. The second kappa shape index (κ2) is 4.39. The first kappa shape index (κ1) is 12.0. The largest absolute Gasteiger partial charge is 0.416 e. The molecule has 0 saturated carbocycles. The average Bonchev–Trinajstić information content (AvgIpc) is 2.85. The Morgan fingerprint density at radius 3 is 2.65 bits per heavy atom. The zero-order valence-corrected chi connectivity index (χ0v) is 10.6. The van der Waals surface area contributed by atoms with Gasteiger partial charge in [-0.2, -0.15) is 0 Å². The van der Waals surface area contributed by atoms with E-state index < -0.39 is 0 Å². The van der Waals surface area contributed by atoms with Gasteiger partial charge < -0.3 is 9.64 Å². The van der Waals surface area contributed by atoms with Gasteiger partial charge in [-0.3, -0.25) is 5.10 Å². The number of aromatic amines is 1. The molecule has 1 saturated heterocycles. The molecule has 1 amide bonds. The highest BCUT2D eigenvalue weighted by Crippen LogP contribution is 2.29. The highest BCUT2D eigenvalue weighted by Gasteiger charge is 2.26. The molecule has 94 valence electrons. The molecule has 1 aromatic heterocycles. The Hall–Kier alpha value is -1.52. The fourth-order valence-corrected chi connectivity index (χ4v) is 1.94. The van der Waals surface area contributed by atoms with Gasteiger partial charge in [-0.25, -0.2) is 4.79 Å². The normalized spacial score (nSPS) is 16.3. The predicted octanol–water partition coefficient (Wildman–Crippen LogP) is 2.30. The maximum Gasteiger partial charge on any atom is 0.416 e. The predicted molar refractivity (Wildman–Crippen MR) is 64.1 cm³/mol. The summed E-state index contributed by atoms with van der Waals surface area (Å²) in [6, 6.07) is 0. The van der Waals surface area contributed by atoms with Crippen molar-refractivity contribution in [2.75, 3.05) is 13.1 Å². The summed E-state index contributed by atoms with van der Waals surface area (Å²) in [4.78, 5) is 13.6. The molecule has 17 heavy (non-hydrogen) atoms. The molecule has 2 rings (SSSR count). The van der Waals surface area contributed by atoms with E-state index in [-0.39, 0.29) is 11.5 Å². The molecule has 1 N–H and O–H groups in total. The van der Waals surface area contributed by atoms with Crippen molar-refractivity contribution in [2.45, 2.75) is 39.0 Å². The summed E-state index contributed by atoms with van der Waals surface area (Å²) in [6.07, 6.45) is 3.61. The molecule has 1 aliphatic rings. The van der Waals surface area contributed by atoms with E-state index in [0.29, 0.717) is 5.88 Å². The summed E-state index contributed by atoms with van der Waals surface area (Å²) in [5, 5.41) is 6.75. The summed E-state index contributed by atoms with van der Waals surface area (Å²) in [5.41, 5.74) is 0.832. The summed E-state index contributed by atoms with van der Waals surface area (Å²) in [7, 11) is 0. The number of hydrogen-bond acceptors (Lipinski definition) is 3. The average molecular weight is 237 g/mol. The first-order valence-electron chi connectivity index (χ1n) is 5.99. The number of aromatic nitrogens is 2. The zero-order chi connectivity index (χ0) is 12.5. The van der Waals surface area contributed by atoms with Gasteiger partial charge in [0.25, 0.3) is 0 Å². The monoisotopic (exact) mass is 237 g/mol. The van der Waals surface area contributed by atoms with Gasteiger partial charge in [0, 0.05) is 24.8 Å². The standard InChI is InChI=1S/C12H19N3O2/c1-12(2,3)9-8-13-14-10(9)17-11(16)15-6-4-5-7-15/h8H,4-7H2,1-3H3,(H,13,14). The van der Waals surface area contributed by atoms with Gasteiger partial charge >= 0.3 is 6.09 Å². The Balaban J connectivity index is 2.08. The third-order valence-electron chi connectivity index (χ3n) is 2.96. The Morgan fingerprint density at radius 1 is 1.41 bits per heavy atom. The first-order chi connectivity index (χ1) is 7.98. The van der Waals surface area contributed by atoms with Crippen LogP contribution in [0, 0.1) is 0 Å². The number of carbonyl (C=O) groups is 1. The lowest BCUT2D eigenvalue weighted by molar-refractivity contribution is 0.160. The Morgan fingerprint density at radius 2 is 2.06 bits per heavy atom. The van der Waals surface area contributed by atoms with Crippen LogP contribution in [0.3, 0.4) is 0 Å². The third-order valence-corrected chi connectivity index (χ3v) is 2.96. The molecule has 1 fully saturated rings. The number of nitrogens with one attached hydrogen (secondary N) is 1. The van der Waals surface area contributed by atoms with Crippen LogP contribution in [0.4, 0.5) is 4.79 Å². The van der Waals surface area contributed by atoms with E-state index >= 15 is 0 Å². The molecule has 0 bridgehead atoms. The molecule has 1 aromatic rings. The summed E-state index contributed by atoms with van der Waals surface area (Å²) in [5.74, 6) is 0.398. The molecule has 0 unspecified atom stereocenters. The fraction of sp³-hybridized carbons (Fsp3) is 0.667. The quantitative estimate of drug-likeness (QED) is 0.815. The maximum absolute atomic E-state index is 11.8. The zero-order valence-electron chi connectivity index (χ0n) is 10.6. The Bertz CT molecular complexity index is 400. The molecule has 5 nitrogen and oxygen atoms in total. The van der Waals surface area contributed by atoms with Crippen LogP contribution in [0.15, 0.2) is 6.20 Å². The van der Waals surface area contributed by atoms with E-state index in [1.54, 1.807) is 11.1 Å². The van der Waals surface area contributed by atoms with Gasteiger partial charge in [0.1, 0.15) is 0 Å². The minimum Gasteiger partial charge on any atom is -0.389 e. The minimum atomic E-state index is -0.292. The van der Waals surface area contributed by atoms with Gasteiger partial charge in [0.2, 0.25) is 5.88 Å². The highest BCUT2D eigenvalue weighted by atomic mass is 16.6. The van der Waals surface area contributed by atoms with Crippen LogP contribution in [0.25, 0.3) is 0 Å². The van der Waals surface area contributed by atoms with Crippen molar-refractivity contribution in [2.24, 2.45) is 0 Å². The molecule has 5 heteroatoms. The second-order valence-corrected chi connectivity index (χ2v) is 5.42. The lowest BCUT2D eigenvalue weighted by Crippen LogP contribution is -2.31. The van der Waals surface area contributed by atoms with Crippen molar-refractivity contribution in [3.05, 3.63) is 11.8 Å². The van der Waals surface area contributed by atoms with Crippen molar-refractivity contribution in [1.82, 2.24) is 15.1 Å². The number of ether oxygens (including phenoxy) is 1. The van der Waals surface area contributed by atoms with E-state index in [4.69, 9.17) is 4.74 Å². The third kappa shape index (κ3) is 2.60. The molecule has 0 spiro atoms. The molecule has 0 aromatic carbocycles. The summed E-state index contributed by atoms with van der Waals surface area (Å²) in [6.45, 7) is 7.75.